The molecule has 100 valence electrons. The van der Waals surface area contributed by atoms with E-state index in [9.17, 15) is 0 Å². The first-order valence-corrected chi connectivity index (χ1v) is 6.96. The van der Waals surface area contributed by atoms with Gasteiger partial charge in [0.05, 0.1) is 0 Å². The standard InChI is InChI=1S/C14H24N4/c1-4-18(10-12-6-5-7-12)14-16-9-13(8-15-3)11(2)17-14/h9,12,15H,4-8,10H2,1-3H3. The lowest BCUT2D eigenvalue weighted by molar-refractivity contribution is 0.317. The maximum atomic E-state index is 4.65. The Balaban J connectivity index is 2.07. The molecule has 0 spiro atoms. The predicted octanol–water partition coefficient (Wildman–Crippen LogP) is 2.13. The first-order valence-electron chi connectivity index (χ1n) is 6.96. The molecule has 0 unspecified atom stereocenters. The topological polar surface area (TPSA) is 41.1 Å². The van der Waals surface area contributed by atoms with Gasteiger partial charge in [-0.15, -0.1) is 0 Å². The highest BCUT2D eigenvalue weighted by Gasteiger charge is 2.21. The first kappa shape index (κ1) is 13.3. The molecule has 1 N–H and O–H groups in total. The van der Waals surface area contributed by atoms with Crippen LogP contribution in [0.2, 0.25) is 0 Å². The van der Waals surface area contributed by atoms with Gasteiger partial charge in [0.2, 0.25) is 5.95 Å². The molecule has 0 saturated heterocycles. The van der Waals surface area contributed by atoms with Gasteiger partial charge in [0.1, 0.15) is 0 Å². The zero-order valence-corrected chi connectivity index (χ0v) is 11.7. The number of hydrogen-bond donors (Lipinski definition) is 1. The molecule has 4 nitrogen and oxygen atoms in total. The Kier molecular flexibility index (Phi) is 4.53. The van der Waals surface area contributed by atoms with E-state index < -0.39 is 0 Å². The molecule has 1 aromatic rings. The summed E-state index contributed by atoms with van der Waals surface area (Å²) in [6.45, 7) is 7.18. The summed E-state index contributed by atoms with van der Waals surface area (Å²) in [5, 5.41) is 3.14. The Hall–Kier alpha value is -1.16. The van der Waals surface area contributed by atoms with E-state index in [0.717, 1.165) is 37.2 Å². The molecule has 0 aliphatic heterocycles. The van der Waals surface area contributed by atoms with E-state index in [2.05, 4.69) is 34.0 Å². The van der Waals surface area contributed by atoms with Gasteiger partial charge >= 0.3 is 0 Å². The van der Waals surface area contributed by atoms with Gasteiger partial charge in [0.25, 0.3) is 0 Å². The van der Waals surface area contributed by atoms with Gasteiger partial charge < -0.3 is 10.2 Å². The van der Waals surface area contributed by atoms with Gasteiger partial charge in [-0.25, -0.2) is 9.97 Å². The molecule has 0 radical (unpaired) electrons. The second-order valence-electron chi connectivity index (χ2n) is 5.15. The van der Waals surface area contributed by atoms with Gasteiger partial charge in [-0.3, -0.25) is 0 Å². The minimum Gasteiger partial charge on any atom is -0.341 e. The summed E-state index contributed by atoms with van der Waals surface area (Å²) in [6.07, 6.45) is 6.08. The van der Waals surface area contributed by atoms with Crippen molar-refractivity contribution >= 4 is 5.95 Å². The molecule has 0 bridgehead atoms. The van der Waals surface area contributed by atoms with Crippen LogP contribution in [0.4, 0.5) is 5.95 Å². The molecule has 4 heteroatoms. The number of rotatable bonds is 6. The normalized spacial score (nSPS) is 15.5. The van der Waals surface area contributed by atoms with Crippen molar-refractivity contribution in [2.75, 3.05) is 25.0 Å². The lowest BCUT2D eigenvalue weighted by Crippen LogP contribution is -2.33. The van der Waals surface area contributed by atoms with Crippen LogP contribution in [0.15, 0.2) is 6.20 Å². The molecule has 0 atom stereocenters. The lowest BCUT2D eigenvalue weighted by atomic mass is 9.85. The number of nitrogens with zero attached hydrogens (tertiary/aromatic N) is 3. The Morgan fingerprint density at radius 3 is 2.72 bits per heavy atom. The van der Waals surface area contributed by atoms with Crippen molar-refractivity contribution in [3.8, 4) is 0 Å². The van der Waals surface area contributed by atoms with Crippen molar-refractivity contribution in [3.63, 3.8) is 0 Å². The van der Waals surface area contributed by atoms with Crippen LogP contribution in [0.1, 0.15) is 37.4 Å². The first-order chi connectivity index (χ1) is 8.74. The molecule has 1 heterocycles. The van der Waals surface area contributed by atoms with E-state index >= 15 is 0 Å². The number of hydrogen-bond acceptors (Lipinski definition) is 4. The third-order valence-electron chi connectivity index (χ3n) is 3.80. The van der Waals surface area contributed by atoms with Gasteiger partial charge in [-0.2, -0.15) is 0 Å². The number of anilines is 1. The van der Waals surface area contributed by atoms with E-state index in [1.165, 1.54) is 24.8 Å². The molecular formula is C14H24N4. The maximum absolute atomic E-state index is 4.65. The molecule has 0 amide bonds. The fourth-order valence-corrected chi connectivity index (χ4v) is 2.34. The zero-order chi connectivity index (χ0) is 13.0. The highest BCUT2D eigenvalue weighted by atomic mass is 15.2. The second kappa shape index (κ2) is 6.14. The summed E-state index contributed by atoms with van der Waals surface area (Å²) in [5.74, 6) is 1.74. The molecular weight excluding hydrogens is 224 g/mol. The fourth-order valence-electron chi connectivity index (χ4n) is 2.34. The minimum atomic E-state index is 0.834. The van der Waals surface area contributed by atoms with Gasteiger partial charge in [-0.05, 0) is 39.7 Å². The van der Waals surface area contributed by atoms with Crippen molar-refractivity contribution in [1.29, 1.82) is 0 Å². The van der Waals surface area contributed by atoms with E-state index in [-0.39, 0.29) is 0 Å². The number of aryl methyl sites for hydroxylation is 1. The minimum absolute atomic E-state index is 0.834. The zero-order valence-electron chi connectivity index (χ0n) is 11.7. The largest absolute Gasteiger partial charge is 0.341 e. The summed E-state index contributed by atoms with van der Waals surface area (Å²) in [6, 6.07) is 0. The van der Waals surface area contributed by atoms with E-state index in [0.29, 0.717) is 0 Å². The molecule has 1 saturated carbocycles. The molecule has 2 rings (SSSR count). The van der Waals surface area contributed by atoms with Gasteiger partial charge in [-0.1, -0.05) is 6.42 Å². The van der Waals surface area contributed by atoms with E-state index in [1.54, 1.807) is 0 Å². The molecule has 1 aromatic heterocycles. The van der Waals surface area contributed by atoms with Crippen LogP contribution >= 0.6 is 0 Å². The van der Waals surface area contributed by atoms with Crippen LogP contribution in [0.25, 0.3) is 0 Å². The van der Waals surface area contributed by atoms with Crippen molar-refractivity contribution in [1.82, 2.24) is 15.3 Å². The van der Waals surface area contributed by atoms with Gasteiger partial charge in [0.15, 0.2) is 0 Å². The lowest BCUT2D eigenvalue weighted by Gasteiger charge is -2.31. The number of nitrogens with one attached hydrogen (secondary N) is 1. The third kappa shape index (κ3) is 2.99. The van der Waals surface area contributed by atoms with E-state index in [1.807, 2.05) is 13.2 Å². The summed E-state index contributed by atoms with van der Waals surface area (Å²) in [4.78, 5) is 11.5. The van der Waals surface area contributed by atoms with Gasteiger partial charge in [0, 0.05) is 37.1 Å². The fraction of sp³-hybridized carbons (Fsp3) is 0.714. The Bertz CT molecular complexity index is 387. The van der Waals surface area contributed by atoms with Crippen LogP contribution in [0.5, 0.6) is 0 Å². The summed E-state index contributed by atoms with van der Waals surface area (Å²) in [5.41, 5.74) is 2.27. The van der Waals surface area contributed by atoms with Crippen molar-refractivity contribution in [3.05, 3.63) is 17.5 Å². The summed E-state index contributed by atoms with van der Waals surface area (Å²) < 4.78 is 0. The molecule has 1 aliphatic rings. The van der Waals surface area contributed by atoms with Crippen molar-refractivity contribution in [2.24, 2.45) is 5.92 Å². The van der Waals surface area contributed by atoms with Crippen molar-refractivity contribution < 1.29 is 0 Å². The summed E-state index contributed by atoms with van der Waals surface area (Å²) in [7, 11) is 1.95. The molecule has 1 fully saturated rings. The third-order valence-corrected chi connectivity index (χ3v) is 3.80. The number of aromatic nitrogens is 2. The average Bonchev–Trinajstić information content (AvgIpc) is 2.31. The quantitative estimate of drug-likeness (QED) is 0.837. The van der Waals surface area contributed by atoms with E-state index in [4.69, 9.17) is 0 Å². The monoisotopic (exact) mass is 248 g/mol. The SMILES string of the molecule is CCN(CC1CCC1)c1ncc(CNC)c(C)n1. The van der Waals surface area contributed by atoms with Crippen LogP contribution in [0, 0.1) is 12.8 Å². The predicted molar refractivity (Wildman–Crippen MR) is 74.8 cm³/mol. The Morgan fingerprint density at radius 2 is 2.22 bits per heavy atom. The van der Waals surface area contributed by atoms with Crippen LogP contribution in [-0.4, -0.2) is 30.1 Å². The Morgan fingerprint density at radius 1 is 1.44 bits per heavy atom. The average molecular weight is 248 g/mol. The molecule has 1 aliphatic carbocycles. The summed E-state index contributed by atoms with van der Waals surface area (Å²) >= 11 is 0. The van der Waals surface area contributed by atoms with Crippen LogP contribution in [-0.2, 0) is 6.54 Å². The smallest absolute Gasteiger partial charge is 0.225 e. The van der Waals surface area contributed by atoms with Crippen LogP contribution in [0.3, 0.4) is 0 Å². The molecule has 0 aromatic carbocycles. The maximum Gasteiger partial charge on any atom is 0.225 e. The Labute approximate surface area is 110 Å². The molecule has 18 heavy (non-hydrogen) atoms. The van der Waals surface area contributed by atoms with Crippen molar-refractivity contribution in [2.45, 2.75) is 39.7 Å². The highest BCUT2D eigenvalue weighted by molar-refractivity contribution is 5.33. The van der Waals surface area contributed by atoms with Crippen LogP contribution < -0.4 is 10.2 Å². The second-order valence-corrected chi connectivity index (χ2v) is 5.15. The highest BCUT2D eigenvalue weighted by Crippen LogP contribution is 2.28.